The van der Waals surface area contributed by atoms with Crippen LogP contribution in [0.2, 0.25) is 0 Å². The molecule has 1 N–H and O–H groups in total. The molecule has 1 aromatic rings. The van der Waals surface area contributed by atoms with Crippen molar-refractivity contribution in [2.45, 2.75) is 20.3 Å². The minimum Gasteiger partial charge on any atom is -0.496 e. The molecule has 0 aliphatic rings. The molecule has 0 heterocycles. The third kappa shape index (κ3) is 2.23. The standard InChI is InChI=1S/C12H18O3/c1-8-7-11(14-3)9(2)12(15-4)10(8)5-6-13/h7,13H,5-6H2,1-4H3. The van der Waals surface area contributed by atoms with Crippen LogP contribution in [0.1, 0.15) is 16.7 Å². The lowest BCUT2D eigenvalue weighted by Crippen LogP contribution is -2.02. The van der Waals surface area contributed by atoms with Gasteiger partial charge in [-0.25, -0.2) is 0 Å². The van der Waals surface area contributed by atoms with Gasteiger partial charge in [-0.1, -0.05) is 0 Å². The van der Waals surface area contributed by atoms with Crippen molar-refractivity contribution in [3.8, 4) is 11.5 Å². The van der Waals surface area contributed by atoms with Crippen LogP contribution in [0, 0.1) is 13.8 Å². The highest BCUT2D eigenvalue weighted by Gasteiger charge is 2.13. The van der Waals surface area contributed by atoms with Gasteiger partial charge >= 0.3 is 0 Å². The van der Waals surface area contributed by atoms with E-state index in [1.165, 1.54) is 0 Å². The average Bonchev–Trinajstić information content (AvgIpc) is 2.23. The van der Waals surface area contributed by atoms with Crippen LogP contribution < -0.4 is 9.47 Å². The summed E-state index contributed by atoms with van der Waals surface area (Å²) in [5.41, 5.74) is 3.12. The van der Waals surface area contributed by atoms with Crippen molar-refractivity contribution >= 4 is 0 Å². The van der Waals surface area contributed by atoms with Gasteiger partial charge in [0.15, 0.2) is 0 Å². The summed E-state index contributed by atoms with van der Waals surface area (Å²) < 4.78 is 10.6. The van der Waals surface area contributed by atoms with Crippen LogP contribution >= 0.6 is 0 Å². The van der Waals surface area contributed by atoms with E-state index in [9.17, 15) is 0 Å². The first-order chi connectivity index (χ1) is 7.15. The molecule has 3 heteroatoms. The zero-order chi connectivity index (χ0) is 11.4. The maximum Gasteiger partial charge on any atom is 0.129 e. The van der Waals surface area contributed by atoms with Crippen molar-refractivity contribution in [1.82, 2.24) is 0 Å². The molecule has 84 valence electrons. The summed E-state index contributed by atoms with van der Waals surface area (Å²) >= 11 is 0. The predicted octanol–water partition coefficient (Wildman–Crippen LogP) is 1.86. The van der Waals surface area contributed by atoms with Gasteiger partial charge < -0.3 is 14.6 Å². The lowest BCUT2D eigenvalue weighted by molar-refractivity contribution is 0.296. The zero-order valence-electron chi connectivity index (χ0n) is 9.76. The fourth-order valence-corrected chi connectivity index (χ4v) is 1.82. The third-order valence-corrected chi connectivity index (χ3v) is 2.59. The van der Waals surface area contributed by atoms with Crippen LogP contribution in [0.3, 0.4) is 0 Å². The van der Waals surface area contributed by atoms with Gasteiger partial charge in [0.05, 0.1) is 14.2 Å². The molecular weight excluding hydrogens is 192 g/mol. The topological polar surface area (TPSA) is 38.7 Å². The van der Waals surface area contributed by atoms with E-state index in [4.69, 9.17) is 14.6 Å². The number of aliphatic hydroxyl groups excluding tert-OH is 1. The van der Waals surface area contributed by atoms with Crippen molar-refractivity contribution in [2.24, 2.45) is 0 Å². The van der Waals surface area contributed by atoms with Gasteiger partial charge in [0, 0.05) is 12.2 Å². The Bertz CT molecular complexity index is 345. The van der Waals surface area contributed by atoms with E-state index in [-0.39, 0.29) is 6.61 Å². The summed E-state index contributed by atoms with van der Waals surface area (Å²) in [6.07, 6.45) is 0.611. The highest BCUT2D eigenvalue weighted by Crippen LogP contribution is 2.34. The molecule has 0 atom stereocenters. The van der Waals surface area contributed by atoms with E-state index in [0.29, 0.717) is 6.42 Å². The summed E-state index contributed by atoms with van der Waals surface area (Å²) in [6.45, 7) is 4.08. The Kier molecular flexibility index (Phi) is 3.97. The molecule has 0 aliphatic heterocycles. The first-order valence-corrected chi connectivity index (χ1v) is 4.97. The Hall–Kier alpha value is -1.22. The van der Waals surface area contributed by atoms with Crippen molar-refractivity contribution in [3.05, 3.63) is 22.8 Å². The summed E-state index contributed by atoms with van der Waals surface area (Å²) in [5, 5.41) is 8.99. The van der Waals surface area contributed by atoms with E-state index in [0.717, 1.165) is 28.2 Å². The molecule has 1 rings (SSSR count). The van der Waals surface area contributed by atoms with Gasteiger partial charge in [-0.05, 0) is 37.5 Å². The Morgan fingerprint density at radius 2 is 1.87 bits per heavy atom. The molecule has 15 heavy (non-hydrogen) atoms. The van der Waals surface area contributed by atoms with Gasteiger partial charge in [0.2, 0.25) is 0 Å². The molecule has 1 aromatic carbocycles. The molecule has 0 spiro atoms. The number of ether oxygens (including phenoxy) is 2. The summed E-state index contributed by atoms with van der Waals surface area (Å²) in [7, 11) is 3.29. The first-order valence-electron chi connectivity index (χ1n) is 4.97. The largest absolute Gasteiger partial charge is 0.496 e. The van der Waals surface area contributed by atoms with E-state index in [2.05, 4.69) is 0 Å². The van der Waals surface area contributed by atoms with Crippen LogP contribution in [-0.2, 0) is 6.42 Å². The normalized spacial score (nSPS) is 10.2. The molecular formula is C12H18O3. The molecule has 0 unspecified atom stereocenters. The SMILES string of the molecule is COc1cc(C)c(CCO)c(OC)c1C. The Balaban J connectivity index is 3.32. The fourth-order valence-electron chi connectivity index (χ4n) is 1.82. The second-order valence-corrected chi connectivity index (χ2v) is 3.51. The maximum absolute atomic E-state index is 8.99. The molecule has 0 bridgehead atoms. The van der Waals surface area contributed by atoms with Gasteiger partial charge in [-0.3, -0.25) is 0 Å². The number of rotatable bonds is 4. The first kappa shape index (κ1) is 11.9. The van der Waals surface area contributed by atoms with Gasteiger partial charge in [-0.2, -0.15) is 0 Å². The van der Waals surface area contributed by atoms with Crippen LogP contribution in [-0.4, -0.2) is 25.9 Å². The maximum atomic E-state index is 8.99. The van der Waals surface area contributed by atoms with Crippen molar-refractivity contribution in [3.63, 3.8) is 0 Å². The zero-order valence-corrected chi connectivity index (χ0v) is 9.76. The highest BCUT2D eigenvalue weighted by atomic mass is 16.5. The van der Waals surface area contributed by atoms with E-state index in [1.807, 2.05) is 19.9 Å². The van der Waals surface area contributed by atoms with E-state index >= 15 is 0 Å². The average molecular weight is 210 g/mol. The quantitative estimate of drug-likeness (QED) is 0.824. The van der Waals surface area contributed by atoms with E-state index < -0.39 is 0 Å². The lowest BCUT2D eigenvalue weighted by atomic mass is 10.0. The molecule has 0 saturated heterocycles. The van der Waals surface area contributed by atoms with Crippen LogP contribution in [0.5, 0.6) is 11.5 Å². The molecule has 0 fully saturated rings. The minimum absolute atomic E-state index is 0.128. The molecule has 0 amide bonds. The van der Waals surface area contributed by atoms with Crippen LogP contribution in [0.15, 0.2) is 6.07 Å². The number of benzene rings is 1. The Morgan fingerprint density at radius 1 is 1.20 bits per heavy atom. The Morgan fingerprint density at radius 3 is 2.33 bits per heavy atom. The third-order valence-electron chi connectivity index (χ3n) is 2.59. The molecule has 0 radical (unpaired) electrons. The second kappa shape index (κ2) is 5.03. The van der Waals surface area contributed by atoms with Crippen LogP contribution in [0.25, 0.3) is 0 Å². The molecule has 0 aromatic heterocycles. The number of methoxy groups -OCH3 is 2. The predicted molar refractivity (Wildman–Crippen MR) is 59.8 cm³/mol. The summed E-state index contributed by atoms with van der Waals surface area (Å²) in [5.74, 6) is 1.65. The second-order valence-electron chi connectivity index (χ2n) is 3.51. The van der Waals surface area contributed by atoms with Gasteiger partial charge in [0.25, 0.3) is 0 Å². The monoisotopic (exact) mass is 210 g/mol. The molecule has 0 aliphatic carbocycles. The van der Waals surface area contributed by atoms with Crippen molar-refractivity contribution < 1.29 is 14.6 Å². The minimum atomic E-state index is 0.128. The molecule has 3 nitrogen and oxygen atoms in total. The van der Waals surface area contributed by atoms with Gasteiger partial charge in [-0.15, -0.1) is 0 Å². The van der Waals surface area contributed by atoms with Crippen LogP contribution in [0.4, 0.5) is 0 Å². The number of hydrogen-bond acceptors (Lipinski definition) is 3. The van der Waals surface area contributed by atoms with Gasteiger partial charge in [0.1, 0.15) is 11.5 Å². The highest BCUT2D eigenvalue weighted by molar-refractivity contribution is 5.53. The van der Waals surface area contributed by atoms with Crippen molar-refractivity contribution in [2.75, 3.05) is 20.8 Å². The smallest absolute Gasteiger partial charge is 0.129 e. The number of aliphatic hydroxyl groups is 1. The van der Waals surface area contributed by atoms with Crippen molar-refractivity contribution in [1.29, 1.82) is 0 Å². The summed E-state index contributed by atoms with van der Waals surface area (Å²) in [6, 6.07) is 1.98. The fraction of sp³-hybridized carbons (Fsp3) is 0.500. The summed E-state index contributed by atoms with van der Waals surface area (Å²) in [4.78, 5) is 0. The number of aryl methyl sites for hydroxylation is 1. The Labute approximate surface area is 90.6 Å². The molecule has 0 saturated carbocycles. The van der Waals surface area contributed by atoms with E-state index in [1.54, 1.807) is 14.2 Å². The lowest BCUT2D eigenvalue weighted by Gasteiger charge is -2.16. The number of hydrogen-bond donors (Lipinski definition) is 1.